The minimum Gasteiger partial charge on any atom is -0.383 e. The zero-order valence-corrected chi connectivity index (χ0v) is 21.1. The second-order valence-corrected chi connectivity index (χ2v) is 9.52. The van der Waals surface area contributed by atoms with Crippen LogP contribution in [0.4, 0.5) is 0 Å². The molecule has 0 spiro atoms. The standard InChI is InChI=1S/C29H36N6/c1-6-9-25(12-14-33(4)5)28-21-35-20-27(32-29(35)17-31-28)23(3)30-16-22(2)18-34-15-13-24-10-7-8-11-26(24)19-34/h6-12,14,17,20-22,30H,1,3,13,15-16,18-19H2,2,4-5H3/b14-12-,25-9+. The fourth-order valence-electron chi connectivity index (χ4n) is 4.38. The van der Waals surface area contributed by atoms with Crippen LogP contribution in [0, 0.1) is 5.92 Å². The third-order valence-corrected chi connectivity index (χ3v) is 6.24. The molecule has 0 saturated carbocycles. The van der Waals surface area contributed by atoms with Gasteiger partial charge in [-0.2, -0.15) is 0 Å². The fourth-order valence-corrected chi connectivity index (χ4v) is 4.38. The summed E-state index contributed by atoms with van der Waals surface area (Å²) in [6.45, 7) is 14.4. The number of allylic oxidation sites excluding steroid dienone is 4. The molecule has 1 aromatic carbocycles. The summed E-state index contributed by atoms with van der Waals surface area (Å²) in [5.74, 6) is 0.498. The molecule has 1 N–H and O–H groups in total. The lowest BCUT2D eigenvalue weighted by molar-refractivity contribution is 0.220. The number of nitrogens with one attached hydrogen (secondary N) is 1. The maximum Gasteiger partial charge on any atom is 0.156 e. The number of hydrogen-bond donors (Lipinski definition) is 1. The molecular weight excluding hydrogens is 432 g/mol. The van der Waals surface area contributed by atoms with Crippen molar-refractivity contribution >= 4 is 16.9 Å². The van der Waals surface area contributed by atoms with Crippen molar-refractivity contribution in [2.45, 2.75) is 19.9 Å². The van der Waals surface area contributed by atoms with E-state index in [4.69, 9.17) is 4.98 Å². The van der Waals surface area contributed by atoms with Crippen molar-refractivity contribution in [2.75, 3.05) is 33.7 Å². The van der Waals surface area contributed by atoms with Crippen LogP contribution < -0.4 is 5.32 Å². The van der Waals surface area contributed by atoms with Crippen LogP contribution in [0.15, 0.2) is 80.4 Å². The highest BCUT2D eigenvalue weighted by atomic mass is 15.1. The summed E-state index contributed by atoms with van der Waals surface area (Å²) in [7, 11) is 3.98. The first kappa shape index (κ1) is 24.5. The number of benzene rings is 1. The maximum atomic E-state index is 4.71. The number of fused-ring (bicyclic) bond motifs is 2. The molecule has 3 heterocycles. The molecule has 2 aromatic heterocycles. The van der Waals surface area contributed by atoms with Gasteiger partial charge < -0.3 is 14.6 Å². The fraction of sp³-hybridized carbons (Fsp3) is 0.310. The molecule has 182 valence electrons. The van der Waals surface area contributed by atoms with Crippen molar-refractivity contribution in [2.24, 2.45) is 5.92 Å². The molecule has 1 unspecified atom stereocenters. The lowest BCUT2D eigenvalue weighted by Crippen LogP contribution is -2.36. The van der Waals surface area contributed by atoms with Crippen molar-refractivity contribution in [3.05, 3.63) is 103 Å². The van der Waals surface area contributed by atoms with Gasteiger partial charge >= 0.3 is 0 Å². The zero-order valence-electron chi connectivity index (χ0n) is 21.1. The molecule has 0 bridgehead atoms. The summed E-state index contributed by atoms with van der Waals surface area (Å²) in [6, 6.07) is 8.79. The summed E-state index contributed by atoms with van der Waals surface area (Å²) in [5, 5.41) is 3.50. The normalized spacial score (nSPS) is 15.2. The predicted molar refractivity (Wildman–Crippen MR) is 146 cm³/mol. The summed E-state index contributed by atoms with van der Waals surface area (Å²) in [4.78, 5) is 13.9. The van der Waals surface area contributed by atoms with E-state index in [1.807, 2.05) is 54.1 Å². The molecule has 35 heavy (non-hydrogen) atoms. The second kappa shape index (κ2) is 11.2. The van der Waals surface area contributed by atoms with Crippen molar-refractivity contribution in [3.63, 3.8) is 0 Å². The highest BCUT2D eigenvalue weighted by molar-refractivity contribution is 5.73. The molecule has 4 rings (SSSR count). The quantitative estimate of drug-likeness (QED) is 0.440. The van der Waals surface area contributed by atoms with Crippen LogP contribution in [0.25, 0.3) is 16.9 Å². The van der Waals surface area contributed by atoms with Gasteiger partial charge in [0.2, 0.25) is 0 Å². The largest absolute Gasteiger partial charge is 0.383 e. The van der Waals surface area contributed by atoms with E-state index in [2.05, 4.69) is 59.5 Å². The molecule has 0 fully saturated rings. The van der Waals surface area contributed by atoms with Crippen LogP contribution in [-0.2, 0) is 13.0 Å². The van der Waals surface area contributed by atoms with Crippen LogP contribution in [0.3, 0.4) is 0 Å². The topological polar surface area (TPSA) is 48.7 Å². The Morgan fingerprint density at radius 2 is 1.97 bits per heavy atom. The smallest absolute Gasteiger partial charge is 0.156 e. The molecular formula is C29H36N6. The van der Waals surface area contributed by atoms with Gasteiger partial charge in [-0.3, -0.25) is 9.88 Å². The van der Waals surface area contributed by atoms with Crippen molar-refractivity contribution in [1.82, 2.24) is 29.5 Å². The summed E-state index contributed by atoms with van der Waals surface area (Å²) < 4.78 is 2.00. The third-order valence-electron chi connectivity index (χ3n) is 6.24. The highest BCUT2D eigenvalue weighted by Gasteiger charge is 2.18. The van der Waals surface area contributed by atoms with Gasteiger partial charge in [-0.15, -0.1) is 0 Å². The predicted octanol–water partition coefficient (Wildman–Crippen LogP) is 4.63. The minimum atomic E-state index is 0.498. The molecule has 0 amide bonds. The molecule has 6 nitrogen and oxygen atoms in total. The van der Waals surface area contributed by atoms with E-state index < -0.39 is 0 Å². The Hall–Kier alpha value is -3.64. The van der Waals surface area contributed by atoms with Gasteiger partial charge in [-0.1, -0.05) is 56.5 Å². The first-order chi connectivity index (χ1) is 16.9. The van der Waals surface area contributed by atoms with Crippen LogP contribution in [-0.4, -0.2) is 57.9 Å². The molecule has 3 aromatic rings. The molecule has 0 aliphatic carbocycles. The van der Waals surface area contributed by atoms with E-state index in [1.54, 1.807) is 12.3 Å². The molecule has 0 radical (unpaired) electrons. The van der Waals surface area contributed by atoms with Gasteiger partial charge in [0.05, 0.1) is 17.6 Å². The van der Waals surface area contributed by atoms with Gasteiger partial charge in [-0.25, -0.2) is 4.98 Å². The van der Waals surface area contributed by atoms with Crippen LogP contribution in [0.1, 0.15) is 29.4 Å². The first-order valence-corrected chi connectivity index (χ1v) is 12.2. The average molecular weight is 469 g/mol. The minimum absolute atomic E-state index is 0.498. The van der Waals surface area contributed by atoms with E-state index >= 15 is 0 Å². The number of imidazole rings is 1. The first-order valence-electron chi connectivity index (χ1n) is 12.2. The van der Waals surface area contributed by atoms with Gasteiger partial charge in [0.15, 0.2) is 5.65 Å². The van der Waals surface area contributed by atoms with Gasteiger partial charge in [-0.05, 0) is 35.7 Å². The third kappa shape index (κ3) is 6.28. The monoisotopic (exact) mass is 468 g/mol. The Bertz CT molecular complexity index is 1250. The lowest BCUT2D eigenvalue weighted by Gasteiger charge is -2.31. The van der Waals surface area contributed by atoms with Crippen molar-refractivity contribution in [1.29, 1.82) is 0 Å². The van der Waals surface area contributed by atoms with Crippen molar-refractivity contribution in [3.8, 4) is 0 Å². The average Bonchev–Trinajstić information content (AvgIpc) is 3.28. The zero-order chi connectivity index (χ0) is 24.8. The maximum absolute atomic E-state index is 4.71. The Kier molecular flexibility index (Phi) is 7.83. The molecule has 6 heteroatoms. The molecule has 1 aliphatic rings. The number of aromatic nitrogens is 3. The van der Waals surface area contributed by atoms with Crippen LogP contribution in [0.2, 0.25) is 0 Å². The number of hydrogen-bond acceptors (Lipinski definition) is 5. The molecule has 1 atom stereocenters. The highest BCUT2D eigenvalue weighted by Crippen LogP contribution is 2.20. The molecule has 1 aliphatic heterocycles. The van der Waals surface area contributed by atoms with Crippen molar-refractivity contribution < 1.29 is 0 Å². The Morgan fingerprint density at radius 3 is 2.74 bits per heavy atom. The Balaban J connectivity index is 1.36. The lowest BCUT2D eigenvalue weighted by atomic mass is 9.99. The molecule has 0 saturated heterocycles. The van der Waals surface area contributed by atoms with Gasteiger partial charge in [0, 0.05) is 58.2 Å². The van der Waals surface area contributed by atoms with E-state index in [0.717, 1.165) is 60.9 Å². The van der Waals surface area contributed by atoms with E-state index in [-0.39, 0.29) is 0 Å². The van der Waals surface area contributed by atoms with E-state index in [1.165, 1.54) is 11.1 Å². The van der Waals surface area contributed by atoms with Gasteiger partial charge in [0.1, 0.15) is 5.69 Å². The van der Waals surface area contributed by atoms with E-state index in [0.29, 0.717) is 5.92 Å². The number of rotatable bonds is 10. The van der Waals surface area contributed by atoms with Crippen LogP contribution in [0.5, 0.6) is 0 Å². The van der Waals surface area contributed by atoms with Crippen LogP contribution >= 0.6 is 0 Å². The number of nitrogens with zero attached hydrogens (tertiary/aromatic N) is 5. The van der Waals surface area contributed by atoms with Gasteiger partial charge in [0.25, 0.3) is 0 Å². The second-order valence-electron chi connectivity index (χ2n) is 9.52. The summed E-state index contributed by atoms with van der Waals surface area (Å²) in [6.07, 6.45) is 14.7. The summed E-state index contributed by atoms with van der Waals surface area (Å²) >= 11 is 0. The Morgan fingerprint density at radius 1 is 1.20 bits per heavy atom. The Labute approximate surface area is 209 Å². The van der Waals surface area contributed by atoms with E-state index in [9.17, 15) is 0 Å². The SMILES string of the molecule is C=C/C=C(\C=C/N(C)C)c1cn2cc(C(=C)NCC(C)CN3CCc4ccccc4C3)nc2cn1. The summed E-state index contributed by atoms with van der Waals surface area (Å²) in [5.41, 5.74) is 7.26.